The average molecular weight is 779 g/mol. The minimum absolute atomic E-state index is 0.0133. The van der Waals surface area contributed by atoms with Crippen molar-refractivity contribution in [2.24, 2.45) is 0 Å². The Kier molecular flexibility index (Phi) is 11.7. The Morgan fingerprint density at radius 1 is 1.07 bits per heavy atom. The monoisotopic (exact) mass is 778 g/mol. The van der Waals surface area contributed by atoms with E-state index in [0.29, 0.717) is 17.9 Å². The van der Waals surface area contributed by atoms with Crippen molar-refractivity contribution in [2.45, 2.75) is 62.7 Å². The quantitative estimate of drug-likeness (QED) is 0.0979. The van der Waals surface area contributed by atoms with Crippen molar-refractivity contribution in [3.05, 3.63) is 73.0 Å². The minimum Gasteiger partial charge on any atom is -0.493 e. The third kappa shape index (κ3) is 7.72. The fraction of sp³-hybridized carbons (Fsp3) is 0.531. The molecule has 3 unspecified atom stereocenters. The molecule has 6 rings (SSSR count). The first-order chi connectivity index (χ1) is 25.8. The van der Waals surface area contributed by atoms with Gasteiger partial charge in [-0.1, -0.05) is 6.07 Å². The molecule has 1 aromatic carbocycles. The second-order valence-corrected chi connectivity index (χ2v) is 14.9. The number of H-pyrrole nitrogens is 2. The molecule has 6 N–H and O–H groups in total. The lowest BCUT2D eigenvalue weighted by Crippen LogP contribution is -2.36. The van der Waals surface area contributed by atoms with Gasteiger partial charge in [0, 0.05) is 31.8 Å². The number of anilines is 1. The third-order valence-electron chi connectivity index (χ3n) is 9.39. The van der Waals surface area contributed by atoms with Crippen LogP contribution in [0, 0.1) is 6.92 Å². The maximum absolute atomic E-state index is 14.9. The number of nitrogens with two attached hydrogens (primary N) is 1. The number of imidazole rings is 1. The van der Waals surface area contributed by atoms with Gasteiger partial charge >= 0.3 is 13.4 Å². The van der Waals surface area contributed by atoms with Crippen LogP contribution in [-0.2, 0) is 34.2 Å². The van der Waals surface area contributed by atoms with Gasteiger partial charge in [-0.05, 0) is 38.1 Å². The molecule has 0 saturated carbocycles. The molecule has 54 heavy (non-hydrogen) atoms. The number of nitrogens with one attached hydrogen (secondary N) is 2. The van der Waals surface area contributed by atoms with Crippen LogP contribution in [0.15, 0.2) is 45.1 Å². The number of aliphatic hydroxyl groups excluding tert-OH is 2. The molecule has 0 spiro atoms. The number of fused-ring (bicyclic) bond motifs is 1. The lowest BCUT2D eigenvalue weighted by Gasteiger charge is -2.31. The van der Waals surface area contributed by atoms with Crippen LogP contribution in [0.1, 0.15) is 30.0 Å². The summed E-state index contributed by atoms with van der Waals surface area (Å²) < 4.78 is 59.5. The maximum Gasteiger partial charge on any atom is 0.408 e. The highest BCUT2D eigenvalue weighted by Gasteiger charge is 2.49. The van der Waals surface area contributed by atoms with Gasteiger partial charge in [-0.3, -0.25) is 37.7 Å². The van der Waals surface area contributed by atoms with Gasteiger partial charge in [0.15, 0.2) is 28.9 Å². The number of rotatable bonds is 15. The first-order valence-corrected chi connectivity index (χ1v) is 18.3. The van der Waals surface area contributed by atoms with E-state index in [0.717, 1.165) is 5.56 Å². The van der Waals surface area contributed by atoms with Gasteiger partial charge in [0.05, 0.1) is 33.8 Å². The van der Waals surface area contributed by atoms with Gasteiger partial charge in [0.25, 0.3) is 11.1 Å². The van der Waals surface area contributed by atoms with E-state index in [2.05, 4.69) is 19.9 Å². The molecule has 294 valence electrons. The van der Waals surface area contributed by atoms with E-state index in [1.165, 1.54) is 61.6 Å². The van der Waals surface area contributed by atoms with Gasteiger partial charge in [-0.15, -0.1) is 0 Å². The third-order valence-corrected chi connectivity index (χ3v) is 11.4. The Labute approximate surface area is 307 Å². The second kappa shape index (κ2) is 16.1. The number of nitrogen functional groups attached to an aromatic ring is 1. The Bertz CT molecular complexity index is 2190. The SMILES string of the molecule is COc1ccc(CCN(C)P(=O)(OC[C@H]2O[C@@H](n3cnc4c(=O)[nH]c(N)nc43)[C@H](OC)C2O)OC2C[C@H](n3cc(C)c(=O)[nH]c3=O)O[C@@H]2CO)cc1OC. The van der Waals surface area contributed by atoms with E-state index >= 15 is 0 Å². The Morgan fingerprint density at radius 3 is 2.54 bits per heavy atom. The predicted octanol–water partition coefficient (Wildman–Crippen LogP) is -0.185. The molecule has 0 bridgehead atoms. The zero-order valence-corrected chi connectivity index (χ0v) is 31.0. The number of hydrogen-bond donors (Lipinski definition) is 5. The van der Waals surface area contributed by atoms with Crippen molar-refractivity contribution in [1.82, 2.24) is 33.7 Å². The topological polar surface area (TPSA) is 270 Å². The van der Waals surface area contributed by atoms with Crippen molar-refractivity contribution in [3.63, 3.8) is 0 Å². The van der Waals surface area contributed by atoms with E-state index in [1.807, 2.05) is 6.07 Å². The van der Waals surface area contributed by atoms with Crippen LogP contribution < -0.4 is 32.0 Å². The molecule has 0 radical (unpaired) electrons. The summed E-state index contributed by atoms with van der Waals surface area (Å²) in [6.07, 6.45) is -4.69. The van der Waals surface area contributed by atoms with Gasteiger partial charge < -0.3 is 39.6 Å². The first-order valence-electron chi connectivity index (χ1n) is 16.8. The van der Waals surface area contributed by atoms with Crippen molar-refractivity contribution >= 4 is 24.9 Å². The summed E-state index contributed by atoms with van der Waals surface area (Å²) in [5.74, 6) is 0.881. The summed E-state index contributed by atoms with van der Waals surface area (Å²) in [5, 5.41) is 21.6. The number of aromatic amines is 2. The highest BCUT2D eigenvalue weighted by Crippen LogP contribution is 2.55. The molecule has 2 saturated heterocycles. The second-order valence-electron chi connectivity index (χ2n) is 12.8. The Hall–Kier alpha value is -4.44. The normalized spacial score (nSPS) is 25.4. The van der Waals surface area contributed by atoms with Crippen LogP contribution >= 0.6 is 7.75 Å². The molecule has 2 aliphatic heterocycles. The molecule has 4 aromatic rings. The van der Waals surface area contributed by atoms with Crippen molar-refractivity contribution in [2.75, 3.05) is 53.9 Å². The molecular weight excluding hydrogens is 735 g/mol. The number of aromatic nitrogens is 6. The van der Waals surface area contributed by atoms with Crippen LogP contribution in [0.4, 0.5) is 5.95 Å². The Morgan fingerprint density at radius 2 is 1.83 bits per heavy atom. The molecule has 0 amide bonds. The number of methoxy groups -OCH3 is 3. The minimum atomic E-state index is -4.35. The van der Waals surface area contributed by atoms with Crippen molar-refractivity contribution in [1.29, 1.82) is 0 Å². The number of ether oxygens (including phenoxy) is 5. The molecular formula is C32H43N8O13P. The molecule has 21 nitrogen and oxygen atoms in total. The summed E-state index contributed by atoms with van der Waals surface area (Å²) in [5.41, 5.74) is 5.05. The number of nitrogens with zero attached hydrogens (tertiary/aromatic N) is 5. The van der Waals surface area contributed by atoms with E-state index in [1.54, 1.807) is 12.1 Å². The van der Waals surface area contributed by atoms with Gasteiger partial charge in [-0.25, -0.2) is 19.0 Å². The van der Waals surface area contributed by atoms with E-state index in [4.69, 9.17) is 38.5 Å². The van der Waals surface area contributed by atoms with E-state index in [9.17, 15) is 29.2 Å². The maximum atomic E-state index is 14.9. The zero-order chi connectivity index (χ0) is 38.9. The van der Waals surface area contributed by atoms with Crippen molar-refractivity contribution < 1.29 is 47.5 Å². The van der Waals surface area contributed by atoms with Gasteiger partial charge in [0.2, 0.25) is 5.95 Å². The fourth-order valence-corrected chi connectivity index (χ4v) is 8.07. The summed E-state index contributed by atoms with van der Waals surface area (Å²) in [6, 6.07) is 5.35. The van der Waals surface area contributed by atoms with Crippen LogP contribution in [0.3, 0.4) is 0 Å². The standard InChI is InChI=1S/C32H43N8O13P/c1-16-12-39(32(45)37-28(16)43)23-11-20(21(13-41)51-23)53-54(46,38(2)9-8-17-6-7-18(47-3)19(10-17)48-4)50-14-22-25(42)26(49-5)30(52-22)40-15-34-24-27(40)35-31(33)36-29(24)44/h6-7,10,12,15,20-23,25-26,30,41-42H,8-9,11,13-14H2,1-5H3,(H,37,43,45)(H3,33,35,36,44)/t20?,21-,22-,23-,25?,26-,30-,54?/m1/s1. The average Bonchev–Trinajstić information content (AvgIpc) is 3.85. The lowest BCUT2D eigenvalue weighted by atomic mass is 10.1. The first kappa shape index (κ1) is 39.3. The predicted molar refractivity (Wildman–Crippen MR) is 189 cm³/mol. The molecule has 2 aliphatic rings. The smallest absolute Gasteiger partial charge is 0.408 e. The van der Waals surface area contributed by atoms with Gasteiger partial charge in [-0.2, -0.15) is 4.98 Å². The van der Waals surface area contributed by atoms with Crippen molar-refractivity contribution in [3.8, 4) is 11.5 Å². The van der Waals surface area contributed by atoms with Gasteiger partial charge in [0.1, 0.15) is 36.7 Å². The number of hydrogen-bond acceptors (Lipinski definition) is 16. The molecule has 22 heteroatoms. The van der Waals surface area contributed by atoms with Crippen LogP contribution in [0.25, 0.3) is 11.2 Å². The summed E-state index contributed by atoms with van der Waals surface area (Å²) in [4.78, 5) is 49.9. The number of likely N-dealkylation sites (N-methyl/N-ethyl adjacent to an activating group) is 1. The van der Waals surface area contributed by atoms with Crippen LogP contribution in [-0.4, -0.2) is 123 Å². The molecule has 3 aromatic heterocycles. The zero-order valence-electron chi connectivity index (χ0n) is 30.1. The molecule has 0 aliphatic carbocycles. The summed E-state index contributed by atoms with van der Waals surface area (Å²) in [6.45, 7) is 0.620. The molecule has 2 fully saturated rings. The highest BCUT2D eigenvalue weighted by molar-refractivity contribution is 7.51. The summed E-state index contributed by atoms with van der Waals surface area (Å²) in [7, 11) is 1.57. The fourth-order valence-electron chi connectivity index (χ4n) is 6.41. The molecule has 5 heterocycles. The van der Waals surface area contributed by atoms with E-state index in [-0.39, 0.29) is 35.6 Å². The van der Waals surface area contributed by atoms with Crippen LogP contribution in [0.5, 0.6) is 11.5 Å². The number of aryl methyl sites for hydroxylation is 1. The lowest BCUT2D eigenvalue weighted by molar-refractivity contribution is -0.0614. The summed E-state index contributed by atoms with van der Waals surface area (Å²) >= 11 is 0. The molecule has 8 atom stereocenters. The van der Waals surface area contributed by atoms with Crippen LogP contribution in [0.2, 0.25) is 0 Å². The highest BCUT2D eigenvalue weighted by atomic mass is 31.2. The number of benzene rings is 1. The Balaban J connectivity index is 1.25. The largest absolute Gasteiger partial charge is 0.493 e. The number of aliphatic hydroxyl groups is 2. The van der Waals surface area contributed by atoms with E-state index < -0.39 is 80.7 Å².